The molecule has 0 saturated carbocycles. The second-order valence-electron chi connectivity index (χ2n) is 3.60. The van der Waals surface area contributed by atoms with Crippen molar-refractivity contribution in [3.63, 3.8) is 0 Å². The maximum atomic E-state index is 11.6. The standard InChI is InChI=1S/C10H17N3OS/c1-3-7(2)9(11)10(14)13-5-8-4-12-6-15-8/h4,6-7,9H,3,5,11H2,1-2H3,(H,13,14)/t7-,9-/m0/s1. The zero-order valence-corrected chi connectivity index (χ0v) is 9.88. The van der Waals surface area contributed by atoms with Crippen molar-refractivity contribution in [3.05, 3.63) is 16.6 Å². The summed E-state index contributed by atoms with van der Waals surface area (Å²) in [5, 5.41) is 2.81. The normalized spacial score (nSPS) is 14.6. The van der Waals surface area contributed by atoms with Crippen molar-refractivity contribution < 1.29 is 4.79 Å². The van der Waals surface area contributed by atoms with Gasteiger partial charge in [0.1, 0.15) is 0 Å². The van der Waals surface area contributed by atoms with Crippen LogP contribution in [0.3, 0.4) is 0 Å². The summed E-state index contributed by atoms with van der Waals surface area (Å²) in [5.41, 5.74) is 7.53. The van der Waals surface area contributed by atoms with Crippen LogP contribution >= 0.6 is 11.3 Å². The molecule has 2 atom stereocenters. The monoisotopic (exact) mass is 227 g/mol. The van der Waals surface area contributed by atoms with Crippen LogP contribution in [0.2, 0.25) is 0 Å². The highest BCUT2D eigenvalue weighted by Crippen LogP contribution is 2.07. The molecule has 0 saturated heterocycles. The third-order valence-corrected chi connectivity index (χ3v) is 3.26. The van der Waals surface area contributed by atoms with Crippen LogP contribution in [0.15, 0.2) is 11.7 Å². The average molecular weight is 227 g/mol. The second-order valence-corrected chi connectivity index (χ2v) is 4.57. The molecule has 15 heavy (non-hydrogen) atoms. The minimum atomic E-state index is -0.414. The molecule has 1 amide bonds. The Kier molecular flexibility index (Phi) is 4.71. The molecule has 0 fully saturated rings. The molecule has 0 bridgehead atoms. The molecule has 0 aliphatic heterocycles. The molecule has 1 aromatic rings. The Bertz CT molecular complexity index is 300. The van der Waals surface area contributed by atoms with Gasteiger partial charge in [-0.05, 0) is 5.92 Å². The van der Waals surface area contributed by atoms with Crippen molar-refractivity contribution in [1.82, 2.24) is 10.3 Å². The van der Waals surface area contributed by atoms with Gasteiger partial charge in [0, 0.05) is 11.1 Å². The van der Waals surface area contributed by atoms with Crippen LogP contribution in [-0.2, 0) is 11.3 Å². The molecule has 4 nitrogen and oxygen atoms in total. The molecule has 0 aliphatic carbocycles. The zero-order valence-electron chi connectivity index (χ0n) is 9.06. The lowest BCUT2D eigenvalue weighted by Crippen LogP contribution is -2.44. The van der Waals surface area contributed by atoms with Gasteiger partial charge in [0.25, 0.3) is 0 Å². The van der Waals surface area contributed by atoms with Crippen LogP contribution in [0, 0.1) is 5.92 Å². The maximum absolute atomic E-state index is 11.6. The van der Waals surface area contributed by atoms with Crippen LogP contribution in [0.5, 0.6) is 0 Å². The van der Waals surface area contributed by atoms with Gasteiger partial charge in [-0.25, -0.2) is 0 Å². The third kappa shape index (κ3) is 3.60. The fourth-order valence-electron chi connectivity index (χ4n) is 1.13. The number of rotatable bonds is 5. The van der Waals surface area contributed by atoms with Crippen LogP contribution < -0.4 is 11.1 Å². The molecule has 3 N–H and O–H groups in total. The SMILES string of the molecule is CC[C@H](C)[C@H](N)C(=O)NCc1cncs1. The van der Waals surface area contributed by atoms with Gasteiger partial charge in [-0.1, -0.05) is 20.3 Å². The van der Waals surface area contributed by atoms with Gasteiger partial charge in [0.05, 0.1) is 18.1 Å². The molecule has 0 aliphatic rings. The Hall–Kier alpha value is -0.940. The molecule has 5 heteroatoms. The van der Waals surface area contributed by atoms with E-state index in [9.17, 15) is 4.79 Å². The molecule has 1 heterocycles. The summed E-state index contributed by atoms with van der Waals surface area (Å²) in [6.45, 7) is 4.53. The van der Waals surface area contributed by atoms with E-state index in [4.69, 9.17) is 5.73 Å². The Morgan fingerprint density at radius 2 is 2.47 bits per heavy atom. The molecule has 1 aromatic heterocycles. The first kappa shape index (κ1) is 12.1. The van der Waals surface area contributed by atoms with Crippen molar-refractivity contribution in [2.75, 3.05) is 0 Å². The molecular weight excluding hydrogens is 210 g/mol. The number of thiazole rings is 1. The molecule has 1 rings (SSSR count). The fraction of sp³-hybridized carbons (Fsp3) is 0.600. The summed E-state index contributed by atoms with van der Waals surface area (Å²) in [6.07, 6.45) is 2.66. The Labute approximate surface area is 93.9 Å². The molecule has 0 radical (unpaired) electrons. The van der Waals surface area contributed by atoms with E-state index in [1.165, 1.54) is 11.3 Å². The van der Waals surface area contributed by atoms with Gasteiger partial charge < -0.3 is 11.1 Å². The lowest BCUT2D eigenvalue weighted by atomic mass is 9.99. The lowest BCUT2D eigenvalue weighted by molar-refractivity contribution is -0.123. The minimum absolute atomic E-state index is 0.0854. The number of aromatic nitrogens is 1. The molecular formula is C10H17N3OS. The predicted octanol–water partition coefficient (Wildman–Crippen LogP) is 1.13. The zero-order chi connectivity index (χ0) is 11.3. The topological polar surface area (TPSA) is 68.0 Å². The van der Waals surface area contributed by atoms with E-state index in [-0.39, 0.29) is 11.8 Å². The quantitative estimate of drug-likeness (QED) is 0.792. The largest absolute Gasteiger partial charge is 0.350 e. The van der Waals surface area contributed by atoms with Crippen molar-refractivity contribution in [2.24, 2.45) is 11.7 Å². The summed E-state index contributed by atoms with van der Waals surface area (Å²) < 4.78 is 0. The van der Waals surface area contributed by atoms with Gasteiger partial charge in [-0.2, -0.15) is 0 Å². The molecule has 0 unspecified atom stereocenters. The van der Waals surface area contributed by atoms with Crippen molar-refractivity contribution in [2.45, 2.75) is 32.9 Å². The number of hydrogen-bond acceptors (Lipinski definition) is 4. The summed E-state index contributed by atoms with van der Waals surface area (Å²) in [6, 6.07) is -0.414. The maximum Gasteiger partial charge on any atom is 0.237 e. The highest BCUT2D eigenvalue weighted by molar-refractivity contribution is 7.09. The fourth-order valence-corrected chi connectivity index (χ4v) is 1.67. The summed E-state index contributed by atoms with van der Waals surface area (Å²) in [7, 11) is 0. The highest BCUT2D eigenvalue weighted by Gasteiger charge is 2.18. The van der Waals surface area contributed by atoms with E-state index in [0.29, 0.717) is 6.54 Å². The molecule has 84 valence electrons. The van der Waals surface area contributed by atoms with Crippen LogP contribution in [0.4, 0.5) is 0 Å². The number of amides is 1. The van der Waals surface area contributed by atoms with E-state index in [1.54, 1.807) is 11.7 Å². The second kappa shape index (κ2) is 5.82. The Morgan fingerprint density at radius 3 is 3.00 bits per heavy atom. The van der Waals surface area contributed by atoms with Crippen molar-refractivity contribution in [3.8, 4) is 0 Å². The smallest absolute Gasteiger partial charge is 0.237 e. The highest BCUT2D eigenvalue weighted by atomic mass is 32.1. The van der Waals surface area contributed by atoms with E-state index < -0.39 is 6.04 Å². The number of hydrogen-bond donors (Lipinski definition) is 2. The first-order chi connectivity index (χ1) is 7.15. The van der Waals surface area contributed by atoms with E-state index in [2.05, 4.69) is 10.3 Å². The number of nitrogens with two attached hydrogens (primary N) is 1. The number of carbonyl (C=O) groups excluding carboxylic acids is 1. The van der Waals surface area contributed by atoms with E-state index in [1.807, 2.05) is 13.8 Å². The van der Waals surface area contributed by atoms with Gasteiger partial charge in [-0.3, -0.25) is 9.78 Å². The van der Waals surface area contributed by atoms with Crippen molar-refractivity contribution in [1.29, 1.82) is 0 Å². The van der Waals surface area contributed by atoms with Gasteiger partial charge in [-0.15, -0.1) is 11.3 Å². The summed E-state index contributed by atoms with van der Waals surface area (Å²) >= 11 is 1.52. The van der Waals surface area contributed by atoms with Gasteiger partial charge in [0.15, 0.2) is 0 Å². The van der Waals surface area contributed by atoms with E-state index >= 15 is 0 Å². The summed E-state index contributed by atoms with van der Waals surface area (Å²) in [5.74, 6) is 0.129. The van der Waals surface area contributed by atoms with Crippen LogP contribution in [0.1, 0.15) is 25.1 Å². The van der Waals surface area contributed by atoms with Crippen LogP contribution in [0.25, 0.3) is 0 Å². The van der Waals surface area contributed by atoms with Crippen molar-refractivity contribution >= 4 is 17.2 Å². The predicted molar refractivity (Wildman–Crippen MR) is 61.4 cm³/mol. The Morgan fingerprint density at radius 1 is 1.73 bits per heavy atom. The first-order valence-corrected chi connectivity index (χ1v) is 5.93. The third-order valence-electron chi connectivity index (χ3n) is 2.48. The number of nitrogens with one attached hydrogen (secondary N) is 1. The molecule has 0 aromatic carbocycles. The van der Waals surface area contributed by atoms with Gasteiger partial charge >= 0.3 is 0 Å². The molecule has 0 spiro atoms. The Balaban J connectivity index is 2.36. The van der Waals surface area contributed by atoms with Gasteiger partial charge in [0.2, 0.25) is 5.91 Å². The first-order valence-electron chi connectivity index (χ1n) is 5.05. The summed E-state index contributed by atoms with van der Waals surface area (Å²) in [4.78, 5) is 16.6. The van der Waals surface area contributed by atoms with Crippen LogP contribution in [-0.4, -0.2) is 16.9 Å². The lowest BCUT2D eigenvalue weighted by Gasteiger charge is -2.17. The number of nitrogens with zero attached hydrogens (tertiary/aromatic N) is 1. The van der Waals surface area contributed by atoms with E-state index in [0.717, 1.165) is 11.3 Å². The average Bonchev–Trinajstić information content (AvgIpc) is 2.76. The number of carbonyl (C=O) groups is 1. The minimum Gasteiger partial charge on any atom is -0.350 e.